The molecule has 0 N–H and O–H groups in total. The Hall–Kier alpha value is -4.58. The minimum Gasteiger partial charge on any atom is -0.302 e. The highest BCUT2D eigenvalue weighted by Gasteiger charge is 2.29. The Labute approximate surface area is 184 Å². The monoisotopic (exact) mass is 418 g/mol. The standard InChI is InChI=1S/C26H18N4O2/c31-25(20-12-6-2-7-13-20)30(26(32)21-14-8-3-9-15-21)23-24-28-22(18-29(24)17-16-27-23)19-10-4-1-5-11-19/h1-18H. The summed E-state index contributed by atoms with van der Waals surface area (Å²) < 4.78 is 1.77. The number of rotatable bonds is 4. The molecule has 6 nitrogen and oxygen atoms in total. The molecule has 5 aromatic rings. The van der Waals surface area contributed by atoms with Crippen molar-refractivity contribution in [2.75, 3.05) is 4.90 Å². The average molecular weight is 418 g/mol. The van der Waals surface area contributed by atoms with E-state index < -0.39 is 11.8 Å². The second kappa shape index (κ2) is 8.28. The number of imide groups is 1. The summed E-state index contributed by atoms with van der Waals surface area (Å²) in [5.41, 5.74) is 2.84. The summed E-state index contributed by atoms with van der Waals surface area (Å²) in [4.78, 5) is 37.2. The third-order valence-corrected chi connectivity index (χ3v) is 5.09. The molecule has 0 saturated heterocycles. The van der Waals surface area contributed by atoms with E-state index in [-0.39, 0.29) is 5.82 Å². The van der Waals surface area contributed by atoms with Crippen LogP contribution in [0.2, 0.25) is 0 Å². The van der Waals surface area contributed by atoms with Gasteiger partial charge in [0.2, 0.25) is 0 Å². The maximum Gasteiger partial charge on any atom is 0.266 e. The van der Waals surface area contributed by atoms with E-state index in [4.69, 9.17) is 4.98 Å². The SMILES string of the molecule is O=C(c1ccccc1)N(C(=O)c1ccccc1)c1nccn2cc(-c3ccccc3)nc12. The van der Waals surface area contributed by atoms with Gasteiger partial charge in [0.25, 0.3) is 11.8 Å². The number of amides is 2. The van der Waals surface area contributed by atoms with Crippen LogP contribution in [-0.2, 0) is 0 Å². The molecule has 5 rings (SSSR count). The van der Waals surface area contributed by atoms with E-state index in [1.54, 1.807) is 65.3 Å². The van der Waals surface area contributed by atoms with Crippen LogP contribution < -0.4 is 4.90 Å². The van der Waals surface area contributed by atoms with Gasteiger partial charge < -0.3 is 4.40 Å². The van der Waals surface area contributed by atoms with Crippen molar-refractivity contribution in [1.82, 2.24) is 14.4 Å². The molecular weight excluding hydrogens is 400 g/mol. The lowest BCUT2D eigenvalue weighted by Crippen LogP contribution is -2.38. The summed E-state index contributed by atoms with van der Waals surface area (Å²) in [6.07, 6.45) is 5.16. The largest absolute Gasteiger partial charge is 0.302 e. The van der Waals surface area contributed by atoms with Gasteiger partial charge >= 0.3 is 0 Å². The molecule has 2 amide bonds. The van der Waals surface area contributed by atoms with Crippen LogP contribution in [0.1, 0.15) is 20.7 Å². The fourth-order valence-corrected chi connectivity index (χ4v) is 3.52. The number of imidazole rings is 1. The first-order valence-electron chi connectivity index (χ1n) is 10.1. The predicted octanol–water partition coefficient (Wildman–Crippen LogP) is 4.88. The molecule has 6 heteroatoms. The summed E-state index contributed by atoms with van der Waals surface area (Å²) in [6, 6.07) is 27.1. The summed E-state index contributed by atoms with van der Waals surface area (Å²) >= 11 is 0. The highest BCUT2D eigenvalue weighted by Crippen LogP contribution is 2.26. The molecule has 0 aliphatic heterocycles. The van der Waals surface area contributed by atoms with Crippen LogP contribution in [-0.4, -0.2) is 26.2 Å². The number of carbonyl (C=O) groups excluding carboxylic acids is 2. The van der Waals surface area contributed by atoms with Crippen LogP contribution in [0.5, 0.6) is 0 Å². The van der Waals surface area contributed by atoms with Gasteiger partial charge in [0.15, 0.2) is 11.5 Å². The Bertz CT molecular complexity index is 1350. The molecule has 0 fully saturated rings. The maximum absolute atomic E-state index is 13.5. The highest BCUT2D eigenvalue weighted by molar-refractivity contribution is 6.26. The van der Waals surface area contributed by atoms with Crippen LogP contribution >= 0.6 is 0 Å². The predicted molar refractivity (Wildman–Crippen MR) is 122 cm³/mol. The van der Waals surface area contributed by atoms with Crippen molar-refractivity contribution < 1.29 is 9.59 Å². The second-order valence-corrected chi connectivity index (χ2v) is 7.15. The third kappa shape index (κ3) is 3.54. The van der Waals surface area contributed by atoms with Crippen molar-refractivity contribution >= 4 is 23.3 Å². The molecule has 2 heterocycles. The molecule has 0 aliphatic carbocycles. The van der Waals surface area contributed by atoms with Gasteiger partial charge in [-0.15, -0.1) is 0 Å². The van der Waals surface area contributed by atoms with Crippen molar-refractivity contribution in [3.8, 4) is 11.3 Å². The smallest absolute Gasteiger partial charge is 0.266 e. The Morgan fingerprint density at radius 3 is 1.81 bits per heavy atom. The number of aromatic nitrogens is 3. The van der Waals surface area contributed by atoms with Gasteiger partial charge in [-0.25, -0.2) is 14.9 Å². The minimum absolute atomic E-state index is 0.178. The maximum atomic E-state index is 13.5. The van der Waals surface area contributed by atoms with E-state index in [0.717, 1.165) is 16.2 Å². The van der Waals surface area contributed by atoms with Crippen LogP contribution in [0.3, 0.4) is 0 Å². The lowest BCUT2D eigenvalue weighted by molar-refractivity contribution is 0.0896. The number of anilines is 1. The van der Waals surface area contributed by atoms with E-state index in [0.29, 0.717) is 16.8 Å². The lowest BCUT2D eigenvalue weighted by Gasteiger charge is -2.20. The number of hydrogen-bond acceptors (Lipinski definition) is 4. The minimum atomic E-state index is -0.468. The first-order chi connectivity index (χ1) is 15.7. The van der Waals surface area contributed by atoms with Crippen molar-refractivity contribution in [2.24, 2.45) is 0 Å². The van der Waals surface area contributed by atoms with Gasteiger partial charge in [0.05, 0.1) is 5.69 Å². The van der Waals surface area contributed by atoms with E-state index in [1.165, 1.54) is 0 Å². The fourth-order valence-electron chi connectivity index (χ4n) is 3.52. The molecule has 32 heavy (non-hydrogen) atoms. The molecule has 2 aromatic heterocycles. The van der Waals surface area contributed by atoms with Gasteiger partial charge in [-0.05, 0) is 24.3 Å². The zero-order valence-electron chi connectivity index (χ0n) is 17.0. The van der Waals surface area contributed by atoms with Crippen molar-refractivity contribution in [3.05, 3.63) is 121 Å². The molecular formula is C26H18N4O2. The summed E-state index contributed by atoms with van der Waals surface area (Å²) in [5.74, 6) is -0.758. The average Bonchev–Trinajstić information content (AvgIpc) is 3.31. The number of fused-ring (bicyclic) bond motifs is 1. The molecule has 0 aliphatic rings. The molecule has 0 unspecified atom stereocenters. The van der Waals surface area contributed by atoms with E-state index in [1.807, 2.05) is 48.7 Å². The lowest BCUT2D eigenvalue weighted by atomic mass is 10.1. The van der Waals surface area contributed by atoms with Gasteiger partial charge in [0.1, 0.15) is 0 Å². The second-order valence-electron chi connectivity index (χ2n) is 7.15. The van der Waals surface area contributed by atoms with E-state index in [2.05, 4.69) is 4.98 Å². The Balaban J connectivity index is 1.68. The number of carbonyl (C=O) groups is 2. The van der Waals surface area contributed by atoms with Crippen LogP contribution in [0.4, 0.5) is 5.82 Å². The third-order valence-electron chi connectivity index (χ3n) is 5.09. The molecule has 3 aromatic carbocycles. The van der Waals surface area contributed by atoms with Gasteiger partial charge in [-0.1, -0.05) is 66.7 Å². The zero-order chi connectivity index (χ0) is 21.9. The van der Waals surface area contributed by atoms with E-state index >= 15 is 0 Å². The molecule has 0 bridgehead atoms. The highest BCUT2D eigenvalue weighted by atomic mass is 16.2. The molecule has 0 spiro atoms. The first-order valence-corrected chi connectivity index (χ1v) is 10.1. The Morgan fingerprint density at radius 1 is 0.719 bits per heavy atom. The van der Waals surface area contributed by atoms with E-state index in [9.17, 15) is 9.59 Å². The van der Waals surface area contributed by atoms with Crippen molar-refractivity contribution in [3.63, 3.8) is 0 Å². The van der Waals surface area contributed by atoms with Crippen molar-refractivity contribution in [2.45, 2.75) is 0 Å². The number of nitrogens with zero attached hydrogens (tertiary/aromatic N) is 4. The van der Waals surface area contributed by atoms with Gasteiger partial charge in [-0.3, -0.25) is 9.59 Å². The quantitative estimate of drug-likeness (QED) is 0.390. The topological polar surface area (TPSA) is 67.6 Å². The summed E-state index contributed by atoms with van der Waals surface area (Å²) in [6.45, 7) is 0. The van der Waals surface area contributed by atoms with Crippen LogP contribution in [0.25, 0.3) is 16.9 Å². The molecule has 0 saturated carbocycles. The van der Waals surface area contributed by atoms with Gasteiger partial charge in [0, 0.05) is 35.3 Å². The zero-order valence-corrected chi connectivity index (χ0v) is 17.0. The normalized spacial score (nSPS) is 10.8. The summed E-state index contributed by atoms with van der Waals surface area (Å²) in [5, 5.41) is 0. The number of hydrogen-bond donors (Lipinski definition) is 0. The summed E-state index contributed by atoms with van der Waals surface area (Å²) in [7, 11) is 0. The Kier molecular flexibility index (Phi) is 5.01. The van der Waals surface area contributed by atoms with Gasteiger partial charge in [-0.2, -0.15) is 0 Å². The van der Waals surface area contributed by atoms with Crippen molar-refractivity contribution in [1.29, 1.82) is 0 Å². The molecule has 0 atom stereocenters. The Morgan fingerprint density at radius 2 is 1.25 bits per heavy atom. The fraction of sp³-hybridized carbons (Fsp3) is 0. The molecule has 0 radical (unpaired) electrons. The number of benzene rings is 3. The molecule has 154 valence electrons. The van der Waals surface area contributed by atoms with Crippen LogP contribution in [0.15, 0.2) is 110 Å². The first kappa shape index (κ1) is 19.4. The van der Waals surface area contributed by atoms with Crippen LogP contribution in [0, 0.1) is 0 Å².